The molecule has 0 saturated carbocycles. The number of carbonyl (C=O) groups is 1. The summed E-state index contributed by atoms with van der Waals surface area (Å²) in [5.74, 6) is -0.166. The minimum Gasteiger partial charge on any atom is -0.464 e. The van der Waals surface area contributed by atoms with Gasteiger partial charge in [-0.15, -0.1) is 11.3 Å². The molecule has 6 nitrogen and oxygen atoms in total. The van der Waals surface area contributed by atoms with E-state index in [2.05, 4.69) is 9.72 Å². The molecule has 0 fully saturated rings. The highest BCUT2D eigenvalue weighted by atomic mass is 32.2. The predicted octanol–water partition coefficient (Wildman–Crippen LogP) is 3.78. The van der Waals surface area contributed by atoms with Crippen LogP contribution in [0.4, 0.5) is 0 Å². The molecule has 0 radical (unpaired) electrons. The third kappa shape index (κ3) is 6.57. The number of aromatic nitrogens is 1. The summed E-state index contributed by atoms with van der Waals surface area (Å²) in [5, 5.41) is 3.35. The average molecular weight is 409 g/mol. The molecule has 8 heteroatoms. The lowest BCUT2D eigenvalue weighted by Crippen LogP contribution is -2.30. The van der Waals surface area contributed by atoms with Gasteiger partial charge in [-0.2, -0.15) is 4.31 Å². The molecular weight excluding hydrogens is 384 g/mol. The second-order valence-electron chi connectivity index (χ2n) is 6.39. The number of methoxy groups -OCH3 is 1. The van der Waals surface area contributed by atoms with E-state index in [-0.39, 0.29) is 12.2 Å². The van der Waals surface area contributed by atoms with Gasteiger partial charge in [-0.25, -0.2) is 18.2 Å². The first-order valence-corrected chi connectivity index (χ1v) is 11.0. The Hall–Kier alpha value is -2.03. The number of sulfonamides is 1. The zero-order valence-electron chi connectivity index (χ0n) is 15.7. The summed E-state index contributed by atoms with van der Waals surface area (Å²) >= 11 is 1.24. The summed E-state index contributed by atoms with van der Waals surface area (Å²) in [4.78, 5) is 15.8. The van der Waals surface area contributed by atoms with Gasteiger partial charge in [0.25, 0.3) is 0 Å². The first kappa shape index (κ1) is 21.3. The van der Waals surface area contributed by atoms with Gasteiger partial charge in [0.15, 0.2) is 5.69 Å². The topological polar surface area (TPSA) is 76.6 Å². The molecule has 0 aliphatic heterocycles. The van der Waals surface area contributed by atoms with Gasteiger partial charge in [-0.05, 0) is 24.0 Å². The number of rotatable bonds is 9. The summed E-state index contributed by atoms with van der Waals surface area (Å²) in [6.45, 7) is 4.59. The van der Waals surface area contributed by atoms with E-state index in [0.29, 0.717) is 17.5 Å². The van der Waals surface area contributed by atoms with Crippen molar-refractivity contribution in [2.75, 3.05) is 13.7 Å². The Morgan fingerprint density at radius 2 is 2.00 bits per heavy atom. The number of nitrogens with zero attached hydrogens (tertiary/aromatic N) is 2. The van der Waals surface area contributed by atoms with Gasteiger partial charge in [0, 0.05) is 17.3 Å². The molecule has 1 heterocycles. The third-order valence-electron chi connectivity index (χ3n) is 3.81. The largest absolute Gasteiger partial charge is 0.464 e. The van der Waals surface area contributed by atoms with Crippen molar-refractivity contribution in [1.29, 1.82) is 0 Å². The minimum absolute atomic E-state index is 0.121. The number of benzene rings is 1. The molecule has 2 rings (SSSR count). The van der Waals surface area contributed by atoms with E-state index in [1.807, 2.05) is 44.2 Å². The summed E-state index contributed by atoms with van der Waals surface area (Å²) in [6, 6.07) is 9.27. The van der Waals surface area contributed by atoms with Gasteiger partial charge >= 0.3 is 5.97 Å². The summed E-state index contributed by atoms with van der Waals surface area (Å²) in [7, 11) is -2.34. The normalized spacial score (nSPS) is 12.2. The second-order valence-corrected chi connectivity index (χ2v) is 9.15. The van der Waals surface area contributed by atoms with Crippen LogP contribution in [0.1, 0.15) is 41.3 Å². The Morgan fingerprint density at radius 3 is 2.63 bits per heavy atom. The SMILES string of the molecule is COC(=O)c1csc(CN(CCC(C)C)S(=O)(=O)/C=C/c2ccccc2)n1. The fourth-order valence-electron chi connectivity index (χ4n) is 2.25. The fourth-order valence-corrected chi connectivity index (χ4v) is 4.27. The molecule has 0 spiro atoms. The first-order chi connectivity index (χ1) is 12.8. The summed E-state index contributed by atoms with van der Waals surface area (Å²) in [5.41, 5.74) is 1.01. The number of carbonyl (C=O) groups excluding carboxylic acids is 1. The molecule has 0 amide bonds. The van der Waals surface area contributed by atoms with Crippen LogP contribution in [0.25, 0.3) is 6.08 Å². The Labute approximate surface area is 164 Å². The number of hydrogen-bond acceptors (Lipinski definition) is 6. The number of hydrogen-bond donors (Lipinski definition) is 0. The molecule has 0 unspecified atom stereocenters. The molecule has 27 heavy (non-hydrogen) atoms. The molecule has 1 aromatic carbocycles. The van der Waals surface area contributed by atoms with Crippen LogP contribution in [0.5, 0.6) is 0 Å². The van der Waals surface area contributed by atoms with E-state index in [1.54, 1.807) is 11.5 Å². The van der Waals surface area contributed by atoms with Crippen molar-refractivity contribution in [1.82, 2.24) is 9.29 Å². The van der Waals surface area contributed by atoms with Gasteiger partial charge in [0.1, 0.15) is 5.01 Å². The van der Waals surface area contributed by atoms with Crippen LogP contribution in [0.3, 0.4) is 0 Å². The highest BCUT2D eigenvalue weighted by Crippen LogP contribution is 2.18. The van der Waals surface area contributed by atoms with E-state index >= 15 is 0 Å². The molecule has 0 N–H and O–H groups in total. The third-order valence-corrected chi connectivity index (χ3v) is 6.15. The van der Waals surface area contributed by atoms with Gasteiger partial charge in [0.05, 0.1) is 13.7 Å². The van der Waals surface area contributed by atoms with Gasteiger partial charge in [-0.3, -0.25) is 0 Å². The average Bonchev–Trinajstić information content (AvgIpc) is 3.12. The molecule has 0 atom stereocenters. The maximum absolute atomic E-state index is 12.8. The van der Waals surface area contributed by atoms with E-state index < -0.39 is 16.0 Å². The molecule has 0 bridgehead atoms. The number of esters is 1. The first-order valence-electron chi connectivity index (χ1n) is 8.58. The van der Waals surface area contributed by atoms with Gasteiger partial charge < -0.3 is 4.74 Å². The molecule has 0 aliphatic rings. The summed E-state index contributed by atoms with van der Waals surface area (Å²) in [6.07, 6.45) is 2.31. The summed E-state index contributed by atoms with van der Waals surface area (Å²) < 4.78 is 31.7. The van der Waals surface area contributed by atoms with Gasteiger partial charge in [0.2, 0.25) is 10.0 Å². The van der Waals surface area contributed by atoms with Crippen LogP contribution >= 0.6 is 11.3 Å². The maximum atomic E-state index is 12.8. The lowest BCUT2D eigenvalue weighted by molar-refractivity contribution is 0.0594. The Balaban J connectivity index is 2.20. The van der Waals surface area contributed by atoms with Crippen molar-refractivity contribution < 1.29 is 17.9 Å². The van der Waals surface area contributed by atoms with Crippen molar-refractivity contribution in [3.63, 3.8) is 0 Å². The van der Waals surface area contributed by atoms with E-state index in [9.17, 15) is 13.2 Å². The monoisotopic (exact) mass is 408 g/mol. The molecule has 0 saturated heterocycles. The zero-order valence-corrected chi connectivity index (χ0v) is 17.3. The van der Waals surface area contributed by atoms with E-state index in [4.69, 9.17) is 0 Å². The second kappa shape index (κ2) is 9.77. The van der Waals surface area contributed by atoms with Crippen LogP contribution in [-0.4, -0.2) is 37.3 Å². The lowest BCUT2D eigenvalue weighted by atomic mass is 10.1. The predicted molar refractivity (Wildman–Crippen MR) is 108 cm³/mol. The van der Waals surface area contributed by atoms with Crippen LogP contribution < -0.4 is 0 Å². The minimum atomic E-state index is -3.63. The van der Waals surface area contributed by atoms with Crippen molar-refractivity contribution in [2.24, 2.45) is 5.92 Å². The zero-order chi connectivity index (χ0) is 19.9. The van der Waals surface area contributed by atoms with Crippen molar-refractivity contribution in [2.45, 2.75) is 26.8 Å². The standard InChI is InChI=1S/C19H24N2O4S2/c1-15(2)9-11-21(13-18-20-17(14-26-18)19(22)25-3)27(23,24)12-10-16-7-5-4-6-8-16/h4-8,10,12,14-15H,9,11,13H2,1-3H3/b12-10+. The molecule has 2 aromatic rings. The Bertz CT molecular complexity index is 874. The Morgan fingerprint density at radius 1 is 1.30 bits per heavy atom. The van der Waals surface area contributed by atoms with E-state index in [0.717, 1.165) is 12.0 Å². The van der Waals surface area contributed by atoms with Crippen molar-refractivity contribution >= 4 is 33.4 Å². The molecular formula is C19H24N2O4S2. The fraction of sp³-hybridized carbons (Fsp3) is 0.368. The van der Waals surface area contributed by atoms with Crippen LogP contribution in [0.15, 0.2) is 41.1 Å². The quantitative estimate of drug-likeness (QED) is 0.590. The van der Waals surface area contributed by atoms with Crippen LogP contribution in [0, 0.1) is 5.92 Å². The van der Waals surface area contributed by atoms with Crippen LogP contribution in [-0.2, 0) is 21.3 Å². The maximum Gasteiger partial charge on any atom is 0.357 e. The molecule has 0 aliphatic carbocycles. The Kier molecular flexibility index (Phi) is 7.70. The van der Waals surface area contributed by atoms with Crippen molar-refractivity contribution in [3.05, 3.63) is 57.4 Å². The van der Waals surface area contributed by atoms with Crippen molar-refractivity contribution in [3.8, 4) is 0 Å². The number of thiazole rings is 1. The molecule has 1 aromatic heterocycles. The highest BCUT2D eigenvalue weighted by molar-refractivity contribution is 7.92. The highest BCUT2D eigenvalue weighted by Gasteiger charge is 2.22. The van der Waals surface area contributed by atoms with Gasteiger partial charge in [-0.1, -0.05) is 44.2 Å². The van der Waals surface area contributed by atoms with Crippen LogP contribution in [0.2, 0.25) is 0 Å². The van der Waals surface area contributed by atoms with E-state index in [1.165, 1.54) is 28.2 Å². The lowest BCUT2D eigenvalue weighted by Gasteiger charge is -2.20. The smallest absolute Gasteiger partial charge is 0.357 e. The number of ether oxygens (including phenoxy) is 1. The molecule has 146 valence electrons.